The second kappa shape index (κ2) is 7.89. The molecular formula is C22H29N5O2. The van der Waals surface area contributed by atoms with Crippen LogP contribution >= 0.6 is 0 Å². The van der Waals surface area contributed by atoms with E-state index in [0.717, 1.165) is 44.1 Å². The van der Waals surface area contributed by atoms with Gasteiger partial charge in [0.15, 0.2) is 0 Å². The number of carbonyl (C=O) groups is 2. The SMILES string of the molecule is Cc1ccc(C(=O)NC2CC2)cc1-n1ncc(C(=O)N(C)C2CCCCC2)c1N. The molecule has 2 aliphatic carbocycles. The maximum atomic E-state index is 13.0. The molecule has 29 heavy (non-hydrogen) atoms. The third-order valence-corrected chi connectivity index (χ3v) is 6.09. The minimum absolute atomic E-state index is 0.0900. The van der Waals surface area contributed by atoms with Crippen LogP contribution in [0, 0.1) is 6.92 Å². The van der Waals surface area contributed by atoms with E-state index in [1.807, 2.05) is 24.9 Å². The van der Waals surface area contributed by atoms with E-state index in [1.54, 1.807) is 16.8 Å². The maximum Gasteiger partial charge on any atom is 0.259 e. The fourth-order valence-corrected chi connectivity index (χ4v) is 4.01. The number of nitrogen functional groups attached to an aromatic ring is 1. The molecule has 154 valence electrons. The Morgan fingerprint density at radius 2 is 1.90 bits per heavy atom. The van der Waals surface area contributed by atoms with Crippen molar-refractivity contribution in [3.05, 3.63) is 41.1 Å². The molecule has 2 amide bonds. The summed E-state index contributed by atoms with van der Waals surface area (Å²) >= 11 is 0. The van der Waals surface area contributed by atoms with Gasteiger partial charge in [0.1, 0.15) is 11.4 Å². The highest BCUT2D eigenvalue weighted by molar-refractivity contribution is 5.99. The van der Waals surface area contributed by atoms with E-state index in [-0.39, 0.29) is 17.9 Å². The van der Waals surface area contributed by atoms with Crippen LogP contribution in [0.15, 0.2) is 24.4 Å². The number of aromatic nitrogens is 2. The Morgan fingerprint density at radius 3 is 2.59 bits per heavy atom. The summed E-state index contributed by atoms with van der Waals surface area (Å²) in [5.74, 6) is 0.120. The van der Waals surface area contributed by atoms with Gasteiger partial charge in [-0.15, -0.1) is 0 Å². The zero-order chi connectivity index (χ0) is 20.5. The number of nitrogens with zero attached hydrogens (tertiary/aromatic N) is 3. The van der Waals surface area contributed by atoms with Crippen molar-refractivity contribution in [3.8, 4) is 5.69 Å². The molecule has 0 unspecified atom stereocenters. The molecule has 2 aliphatic rings. The summed E-state index contributed by atoms with van der Waals surface area (Å²) in [5, 5.41) is 7.38. The van der Waals surface area contributed by atoms with Crippen molar-refractivity contribution < 1.29 is 9.59 Å². The van der Waals surface area contributed by atoms with Crippen LogP contribution < -0.4 is 11.1 Å². The maximum absolute atomic E-state index is 13.0. The minimum atomic E-state index is -0.0964. The number of nitrogens with two attached hydrogens (primary N) is 1. The van der Waals surface area contributed by atoms with Gasteiger partial charge in [-0.25, -0.2) is 4.68 Å². The zero-order valence-electron chi connectivity index (χ0n) is 17.1. The van der Waals surface area contributed by atoms with Crippen molar-refractivity contribution in [2.75, 3.05) is 12.8 Å². The normalized spacial score (nSPS) is 17.2. The van der Waals surface area contributed by atoms with Crippen molar-refractivity contribution in [1.29, 1.82) is 0 Å². The molecule has 4 rings (SSSR count). The fourth-order valence-electron chi connectivity index (χ4n) is 4.01. The van der Waals surface area contributed by atoms with Gasteiger partial charge >= 0.3 is 0 Å². The third-order valence-electron chi connectivity index (χ3n) is 6.09. The molecule has 3 N–H and O–H groups in total. The summed E-state index contributed by atoms with van der Waals surface area (Å²) in [5.41, 5.74) is 8.96. The summed E-state index contributed by atoms with van der Waals surface area (Å²) in [6.45, 7) is 1.94. The second-order valence-electron chi connectivity index (χ2n) is 8.31. The van der Waals surface area contributed by atoms with Crippen LogP contribution in [0.2, 0.25) is 0 Å². The van der Waals surface area contributed by atoms with Gasteiger partial charge in [-0.3, -0.25) is 9.59 Å². The average molecular weight is 396 g/mol. The molecule has 0 aliphatic heterocycles. The van der Waals surface area contributed by atoms with E-state index in [2.05, 4.69) is 10.4 Å². The molecule has 2 aromatic rings. The highest BCUT2D eigenvalue weighted by Gasteiger charge is 2.27. The van der Waals surface area contributed by atoms with E-state index >= 15 is 0 Å². The molecule has 2 fully saturated rings. The van der Waals surface area contributed by atoms with E-state index in [0.29, 0.717) is 28.7 Å². The van der Waals surface area contributed by atoms with Crippen LogP contribution in [0.25, 0.3) is 5.69 Å². The van der Waals surface area contributed by atoms with Gasteiger partial charge in [-0.05, 0) is 50.3 Å². The van der Waals surface area contributed by atoms with Gasteiger partial charge in [0.05, 0.1) is 11.9 Å². The molecule has 7 heteroatoms. The second-order valence-corrected chi connectivity index (χ2v) is 8.31. The van der Waals surface area contributed by atoms with Gasteiger partial charge in [-0.2, -0.15) is 5.10 Å². The Labute approximate surface area is 171 Å². The van der Waals surface area contributed by atoms with E-state index in [9.17, 15) is 9.59 Å². The first-order chi connectivity index (χ1) is 14.0. The number of anilines is 1. The van der Waals surface area contributed by atoms with Crippen molar-refractivity contribution in [1.82, 2.24) is 20.0 Å². The molecule has 0 spiro atoms. The Morgan fingerprint density at radius 1 is 1.17 bits per heavy atom. The Balaban J connectivity index is 1.59. The Kier molecular flexibility index (Phi) is 5.30. The number of benzene rings is 1. The summed E-state index contributed by atoms with van der Waals surface area (Å²) in [7, 11) is 1.85. The van der Waals surface area contributed by atoms with Crippen molar-refractivity contribution >= 4 is 17.6 Å². The standard InChI is InChI=1S/C22H29N5O2/c1-14-8-9-15(21(28)25-16-10-11-16)12-19(14)27-20(23)18(13-24-27)22(29)26(2)17-6-4-3-5-7-17/h8-9,12-13,16-17H,3-7,10-11,23H2,1-2H3,(H,25,28). The van der Waals surface area contributed by atoms with Gasteiger partial charge < -0.3 is 16.0 Å². The molecule has 0 radical (unpaired) electrons. The minimum Gasteiger partial charge on any atom is -0.383 e. The number of rotatable bonds is 5. The van der Waals surface area contributed by atoms with Gasteiger partial charge in [0.25, 0.3) is 11.8 Å². The topological polar surface area (TPSA) is 93.2 Å². The summed E-state index contributed by atoms with van der Waals surface area (Å²) in [6, 6.07) is 6.03. The quantitative estimate of drug-likeness (QED) is 0.814. The van der Waals surface area contributed by atoms with Crippen LogP contribution in [-0.4, -0.2) is 45.6 Å². The first kappa shape index (κ1) is 19.5. The first-order valence-electron chi connectivity index (χ1n) is 10.5. The van der Waals surface area contributed by atoms with Crippen LogP contribution in [0.1, 0.15) is 71.2 Å². The number of hydrogen-bond acceptors (Lipinski definition) is 4. The van der Waals surface area contributed by atoms with Crippen LogP contribution in [-0.2, 0) is 0 Å². The summed E-state index contributed by atoms with van der Waals surface area (Å²) < 4.78 is 1.56. The molecule has 0 saturated heterocycles. The molecule has 1 heterocycles. The van der Waals surface area contributed by atoms with E-state index < -0.39 is 0 Å². The van der Waals surface area contributed by atoms with Crippen molar-refractivity contribution in [2.24, 2.45) is 0 Å². The smallest absolute Gasteiger partial charge is 0.259 e. The first-order valence-corrected chi connectivity index (χ1v) is 10.5. The van der Waals surface area contributed by atoms with Gasteiger partial charge in [-0.1, -0.05) is 25.3 Å². The number of carbonyl (C=O) groups excluding carboxylic acids is 2. The predicted octanol–water partition coefficient (Wildman–Crippen LogP) is 3.06. The van der Waals surface area contributed by atoms with E-state index in [4.69, 9.17) is 5.73 Å². The molecule has 0 bridgehead atoms. The summed E-state index contributed by atoms with van der Waals surface area (Å²) in [4.78, 5) is 27.3. The Hall–Kier alpha value is -2.83. The fraction of sp³-hybridized carbons (Fsp3) is 0.500. The highest BCUT2D eigenvalue weighted by Crippen LogP contribution is 2.26. The number of aryl methyl sites for hydroxylation is 1. The van der Waals surface area contributed by atoms with Gasteiger partial charge in [0.2, 0.25) is 0 Å². The molecule has 1 aromatic heterocycles. The Bertz CT molecular complexity index is 925. The zero-order valence-corrected chi connectivity index (χ0v) is 17.1. The lowest BCUT2D eigenvalue weighted by molar-refractivity contribution is 0.0697. The monoisotopic (exact) mass is 395 g/mol. The number of amides is 2. The molecular weight excluding hydrogens is 366 g/mol. The molecule has 2 saturated carbocycles. The van der Waals surface area contributed by atoms with Crippen molar-refractivity contribution in [3.63, 3.8) is 0 Å². The average Bonchev–Trinajstić information content (AvgIpc) is 3.47. The van der Waals surface area contributed by atoms with Crippen LogP contribution in [0.4, 0.5) is 5.82 Å². The van der Waals surface area contributed by atoms with Crippen molar-refractivity contribution in [2.45, 2.75) is 64.0 Å². The van der Waals surface area contributed by atoms with Crippen LogP contribution in [0.3, 0.4) is 0 Å². The van der Waals surface area contributed by atoms with Gasteiger partial charge in [0, 0.05) is 24.7 Å². The number of hydrogen-bond donors (Lipinski definition) is 2. The lowest BCUT2D eigenvalue weighted by atomic mass is 9.94. The van der Waals surface area contributed by atoms with Crippen LogP contribution in [0.5, 0.6) is 0 Å². The van der Waals surface area contributed by atoms with E-state index in [1.165, 1.54) is 12.6 Å². The lowest BCUT2D eigenvalue weighted by Gasteiger charge is -2.31. The molecule has 1 aromatic carbocycles. The molecule has 7 nitrogen and oxygen atoms in total. The highest BCUT2D eigenvalue weighted by atomic mass is 16.2. The molecule has 0 atom stereocenters. The lowest BCUT2D eigenvalue weighted by Crippen LogP contribution is -2.38. The predicted molar refractivity (Wildman–Crippen MR) is 112 cm³/mol. The largest absolute Gasteiger partial charge is 0.383 e. The number of nitrogens with one attached hydrogen (secondary N) is 1. The summed E-state index contributed by atoms with van der Waals surface area (Å²) in [6.07, 6.45) is 9.24. The third kappa shape index (κ3) is 3.99.